The van der Waals surface area contributed by atoms with Gasteiger partial charge in [0.05, 0.1) is 31.3 Å². The summed E-state index contributed by atoms with van der Waals surface area (Å²) >= 11 is 0. The van der Waals surface area contributed by atoms with E-state index in [-0.39, 0.29) is 11.8 Å². The van der Waals surface area contributed by atoms with Gasteiger partial charge in [-0.3, -0.25) is 14.6 Å². The van der Waals surface area contributed by atoms with Crippen LogP contribution in [0.1, 0.15) is 23.5 Å². The number of carbonyl (C=O) groups excluding carboxylic acids is 1. The normalized spacial score (nSPS) is 21.0. The highest BCUT2D eigenvalue weighted by Gasteiger charge is 2.65. The third kappa shape index (κ3) is 2.54. The first-order chi connectivity index (χ1) is 15.5. The van der Waals surface area contributed by atoms with Gasteiger partial charge in [-0.15, -0.1) is 5.10 Å². The van der Waals surface area contributed by atoms with Crippen molar-refractivity contribution in [3.63, 3.8) is 0 Å². The fourth-order valence-corrected chi connectivity index (χ4v) is 4.88. The Hall–Kier alpha value is -4.01. The van der Waals surface area contributed by atoms with Gasteiger partial charge in [0.25, 0.3) is 5.88 Å². The highest BCUT2D eigenvalue weighted by Crippen LogP contribution is 2.65. The third-order valence-electron chi connectivity index (χ3n) is 6.55. The first-order valence-electron chi connectivity index (χ1n) is 10.4. The number of ether oxygens (including phenoxy) is 2. The zero-order chi connectivity index (χ0) is 22.0. The van der Waals surface area contributed by atoms with E-state index in [0.29, 0.717) is 11.7 Å². The van der Waals surface area contributed by atoms with Gasteiger partial charge in [0.2, 0.25) is 5.91 Å². The number of carbonyl (C=O) groups is 1. The number of nitrogens with zero attached hydrogens (tertiary/aromatic N) is 3. The van der Waals surface area contributed by atoms with E-state index in [0.717, 1.165) is 45.6 Å². The number of rotatable bonds is 5. The first kappa shape index (κ1) is 18.7. The summed E-state index contributed by atoms with van der Waals surface area (Å²) in [5.74, 6) is 2.12. The Bertz CT molecular complexity index is 1390. The van der Waals surface area contributed by atoms with Crippen molar-refractivity contribution >= 4 is 34.0 Å². The van der Waals surface area contributed by atoms with Crippen LogP contribution in [0, 0.1) is 0 Å². The molecule has 1 fully saturated rings. The van der Waals surface area contributed by atoms with Gasteiger partial charge >= 0.3 is 0 Å². The summed E-state index contributed by atoms with van der Waals surface area (Å²) in [6.45, 7) is 0. The van der Waals surface area contributed by atoms with Crippen molar-refractivity contribution in [1.82, 2.24) is 20.0 Å². The minimum absolute atomic E-state index is 0.0569. The van der Waals surface area contributed by atoms with Gasteiger partial charge in [-0.2, -0.15) is 5.10 Å². The zero-order valence-electron chi connectivity index (χ0n) is 17.9. The minimum atomic E-state index is -0.526. The van der Waals surface area contributed by atoms with Gasteiger partial charge in [0.15, 0.2) is 5.82 Å². The van der Waals surface area contributed by atoms with Crippen LogP contribution >= 0.6 is 0 Å². The van der Waals surface area contributed by atoms with Crippen molar-refractivity contribution < 1.29 is 14.3 Å². The molecule has 9 heteroatoms. The molecule has 0 bridgehead atoms. The third-order valence-corrected chi connectivity index (χ3v) is 6.55. The molecule has 0 radical (unpaired) electrons. The Morgan fingerprint density at radius 3 is 2.88 bits per heavy atom. The number of fused-ring (bicyclic) bond motifs is 3. The molecule has 6 rings (SSSR count). The fraction of sp³-hybridized carbons (Fsp3) is 0.261. The lowest BCUT2D eigenvalue weighted by molar-refractivity contribution is -0.118. The van der Waals surface area contributed by atoms with Crippen LogP contribution in [0.3, 0.4) is 0 Å². The highest BCUT2D eigenvalue weighted by atomic mass is 16.5. The van der Waals surface area contributed by atoms with E-state index < -0.39 is 5.41 Å². The Labute approximate surface area is 183 Å². The van der Waals surface area contributed by atoms with Gasteiger partial charge in [0, 0.05) is 24.0 Å². The number of hydrogen-bond acceptors (Lipinski definition) is 6. The van der Waals surface area contributed by atoms with Crippen molar-refractivity contribution in [2.45, 2.75) is 17.8 Å². The molecule has 1 aliphatic heterocycles. The van der Waals surface area contributed by atoms with Crippen molar-refractivity contribution in [1.29, 1.82) is 0 Å². The van der Waals surface area contributed by atoms with E-state index in [1.165, 1.54) is 0 Å². The number of anilines is 3. The minimum Gasteiger partial charge on any atom is -0.497 e. The van der Waals surface area contributed by atoms with Crippen molar-refractivity contribution in [3.05, 3.63) is 53.7 Å². The van der Waals surface area contributed by atoms with Crippen LogP contribution in [0.15, 0.2) is 42.6 Å². The van der Waals surface area contributed by atoms with Crippen LogP contribution < -0.4 is 20.1 Å². The maximum absolute atomic E-state index is 12.9. The number of hydrogen-bond donors (Lipinski definition) is 3. The summed E-state index contributed by atoms with van der Waals surface area (Å²) in [5.41, 5.74) is 4.11. The van der Waals surface area contributed by atoms with Crippen LogP contribution in [0.25, 0.3) is 10.9 Å². The van der Waals surface area contributed by atoms with E-state index >= 15 is 0 Å². The van der Waals surface area contributed by atoms with E-state index in [9.17, 15) is 4.79 Å². The molecule has 2 aromatic heterocycles. The number of H-pyrrole nitrogens is 1. The second kappa shape index (κ2) is 6.49. The lowest BCUT2D eigenvalue weighted by atomic mass is 9.91. The van der Waals surface area contributed by atoms with E-state index in [1.54, 1.807) is 18.9 Å². The molecule has 3 heterocycles. The van der Waals surface area contributed by atoms with E-state index in [2.05, 4.69) is 38.1 Å². The Balaban J connectivity index is 1.33. The molecule has 1 spiro atoms. The number of aromatic amines is 1. The number of aromatic nitrogens is 4. The molecule has 2 aliphatic rings. The largest absolute Gasteiger partial charge is 0.497 e. The second-order valence-electron chi connectivity index (χ2n) is 8.32. The van der Waals surface area contributed by atoms with Crippen LogP contribution in [0.5, 0.6) is 11.6 Å². The van der Waals surface area contributed by atoms with Crippen molar-refractivity contribution in [2.24, 2.45) is 7.05 Å². The Kier molecular flexibility index (Phi) is 3.80. The molecule has 4 aromatic rings. The standard InChI is InChI=1S/C23H22N6O3/c1-29-11-19(21(28-29)32-3)24-20-14-6-4-12(8-18(14)26-27-20)16-10-23(16)15-9-13(31-2)5-7-17(15)25-22(23)30/h4-9,11,16H,10H2,1-3H3,(H,25,30)(H2,24,26,27)/t16-,23-/m0/s1. The average molecular weight is 430 g/mol. The van der Waals surface area contributed by atoms with E-state index in [1.807, 2.05) is 37.5 Å². The molecule has 1 saturated carbocycles. The topological polar surface area (TPSA) is 106 Å². The first-order valence-corrected chi connectivity index (χ1v) is 10.4. The van der Waals surface area contributed by atoms with Crippen LogP contribution in [-0.2, 0) is 17.3 Å². The molecule has 0 saturated heterocycles. The SMILES string of the molecule is COc1ccc2c(c1)[C@]1(C[C@H]1c1ccc3c(Nc4cn(C)nc4OC)n[nH]c3c1)C(=O)N2. The molecule has 2 aromatic carbocycles. The van der Waals surface area contributed by atoms with Crippen LogP contribution in [0.2, 0.25) is 0 Å². The summed E-state index contributed by atoms with van der Waals surface area (Å²) in [6, 6.07) is 12.0. The van der Waals surface area contributed by atoms with Gasteiger partial charge in [0.1, 0.15) is 11.4 Å². The molecule has 1 aliphatic carbocycles. The maximum Gasteiger partial charge on any atom is 0.256 e. The summed E-state index contributed by atoms with van der Waals surface area (Å²) in [6.07, 6.45) is 2.61. The monoisotopic (exact) mass is 430 g/mol. The summed E-state index contributed by atoms with van der Waals surface area (Å²) < 4.78 is 12.4. The predicted octanol–water partition coefficient (Wildman–Crippen LogP) is 3.43. The van der Waals surface area contributed by atoms with E-state index in [4.69, 9.17) is 9.47 Å². The van der Waals surface area contributed by atoms with Gasteiger partial charge in [-0.25, -0.2) is 0 Å². The van der Waals surface area contributed by atoms with Gasteiger partial charge < -0.3 is 20.1 Å². The van der Waals surface area contributed by atoms with Crippen LogP contribution in [-0.4, -0.2) is 40.1 Å². The molecule has 2 atom stereocenters. The molecule has 3 N–H and O–H groups in total. The molecule has 32 heavy (non-hydrogen) atoms. The fourth-order valence-electron chi connectivity index (χ4n) is 4.88. The highest BCUT2D eigenvalue weighted by molar-refractivity contribution is 6.10. The summed E-state index contributed by atoms with van der Waals surface area (Å²) in [7, 11) is 5.06. The van der Waals surface area contributed by atoms with Gasteiger partial charge in [-0.1, -0.05) is 6.07 Å². The number of methoxy groups -OCH3 is 2. The molecule has 1 amide bonds. The molecular formula is C23H22N6O3. The molecular weight excluding hydrogens is 408 g/mol. The van der Waals surface area contributed by atoms with Crippen molar-refractivity contribution in [2.75, 3.05) is 24.9 Å². The quantitative estimate of drug-likeness (QED) is 0.448. The summed E-state index contributed by atoms with van der Waals surface area (Å²) in [4.78, 5) is 12.9. The number of amides is 1. The number of nitrogens with one attached hydrogen (secondary N) is 3. The Morgan fingerprint density at radius 1 is 1.19 bits per heavy atom. The van der Waals surface area contributed by atoms with Crippen molar-refractivity contribution in [3.8, 4) is 11.6 Å². The number of aryl methyl sites for hydroxylation is 1. The maximum atomic E-state index is 12.9. The lowest BCUT2D eigenvalue weighted by Gasteiger charge is -2.10. The predicted molar refractivity (Wildman–Crippen MR) is 120 cm³/mol. The van der Waals surface area contributed by atoms with Crippen LogP contribution in [0.4, 0.5) is 17.2 Å². The van der Waals surface area contributed by atoms with Gasteiger partial charge in [-0.05, 0) is 47.9 Å². The summed E-state index contributed by atoms with van der Waals surface area (Å²) in [5, 5.41) is 19.1. The Morgan fingerprint density at radius 2 is 2.06 bits per heavy atom. The lowest BCUT2D eigenvalue weighted by Crippen LogP contribution is -2.21. The second-order valence-corrected chi connectivity index (χ2v) is 8.32. The zero-order valence-corrected chi connectivity index (χ0v) is 17.9. The molecule has 162 valence electrons. The number of benzene rings is 2. The smallest absolute Gasteiger partial charge is 0.256 e. The average Bonchev–Trinajstić information content (AvgIpc) is 3.14. The molecule has 0 unspecified atom stereocenters. The molecule has 9 nitrogen and oxygen atoms in total.